The predicted octanol–water partition coefficient (Wildman–Crippen LogP) is 5.33. The normalized spacial score (nSPS) is 18.6. The molecule has 1 aromatic carbocycles. The van der Waals surface area contributed by atoms with Crippen LogP contribution in [0.5, 0.6) is 0 Å². The maximum absolute atomic E-state index is 13.6. The molecule has 2 aromatic heterocycles. The first-order valence-corrected chi connectivity index (χ1v) is 11.6. The number of aromatic nitrogens is 3. The second-order valence-electron chi connectivity index (χ2n) is 8.91. The Morgan fingerprint density at radius 3 is 2.67 bits per heavy atom. The van der Waals surface area contributed by atoms with Crippen molar-refractivity contribution in [2.24, 2.45) is 0 Å². The van der Waals surface area contributed by atoms with E-state index in [1.165, 1.54) is 6.07 Å². The maximum atomic E-state index is 13.6. The highest BCUT2D eigenvalue weighted by atomic mass is 19.4. The highest BCUT2D eigenvalue weighted by Gasteiger charge is 2.32. The number of hydrogen-bond donors (Lipinski definition) is 2. The van der Waals surface area contributed by atoms with Crippen LogP contribution >= 0.6 is 0 Å². The minimum atomic E-state index is -4.51. The molecule has 0 bridgehead atoms. The number of nitrogens with one attached hydrogen (secondary N) is 1. The lowest BCUT2D eigenvalue weighted by molar-refractivity contribution is -0.156. The fraction of sp³-hybridized carbons (Fsp3) is 0.346. The molecule has 36 heavy (non-hydrogen) atoms. The second kappa shape index (κ2) is 10.1. The van der Waals surface area contributed by atoms with Crippen molar-refractivity contribution in [2.45, 2.75) is 51.0 Å². The number of imidazole rings is 1. The average molecular weight is 501 g/mol. The molecule has 0 unspecified atom stereocenters. The second-order valence-corrected chi connectivity index (χ2v) is 8.91. The van der Waals surface area contributed by atoms with Gasteiger partial charge in [0.25, 0.3) is 0 Å². The van der Waals surface area contributed by atoms with Crippen molar-refractivity contribution in [3.63, 3.8) is 0 Å². The zero-order valence-corrected chi connectivity index (χ0v) is 20.1. The molecule has 0 amide bonds. The summed E-state index contributed by atoms with van der Waals surface area (Å²) in [5.41, 5.74) is 1.17. The van der Waals surface area contributed by atoms with Gasteiger partial charge in [0.15, 0.2) is 0 Å². The molecule has 3 aromatic rings. The molecule has 7 nitrogen and oxygen atoms in total. The summed E-state index contributed by atoms with van der Waals surface area (Å²) in [7, 11) is 1.72. The van der Waals surface area contributed by atoms with Crippen molar-refractivity contribution in [3.05, 3.63) is 60.1 Å². The van der Waals surface area contributed by atoms with E-state index in [9.17, 15) is 23.1 Å². The minimum absolute atomic E-state index is 0.0673. The molecule has 1 aliphatic heterocycles. The molecule has 10 heteroatoms. The van der Waals surface area contributed by atoms with Gasteiger partial charge in [0.1, 0.15) is 17.7 Å². The topological polar surface area (TPSA) is 89.3 Å². The summed E-state index contributed by atoms with van der Waals surface area (Å²) in [4.78, 5) is 20.8. The third-order valence-electron chi connectivity index (χ3n) is 5.85. The van der Waals surface area contributed by atoms with Gasteiger partial charge in [-0.25, -0.2) is 9.97 Å². The van der Waals surface area contributed by atoms with Crippen molar-refractivity contribution in [1.82, 2.24) is 14.5 Å². The number of hydrogen-bond acceptors (Lipinski definition) is 6. The summed E-state index contributed by atoms with van der Waals surface area (Å²) in [5, 5.41) is 12.9. The molecule has 0 spiro atoms. The van der Waals surface area contributed by atoms with Crippen LogP contribution < -0.4 is 5.32 Å². The van der Waals surface area contributed by atoms with Crippen molar-refractivity contribution in [1.29, 1.82) is 0 Å². The zero-order chi connectivity index (χ0) is 26.0. The SMILES string of the molecule is CNc1cc(-c2nc(C(C)C)n(/C=C/[C@H]3C[C@@H](O)CC(=O)O3)c2-c2cccc(C(F)(F)F)c2)ccn1. The van der Waals surface area contributed by atoms with Gasteiger partial charge in [-0.1, -0.05) is 26.0 Å². The van der Waals surface area contributed by atoms with E-state index in [1.54, 1.807) is 48.3 Å². The van der Waals surface area contributed by atoms with Gasteiger partial charge < -0.3 is 19.7 Å². The van der Waals surface area contributed by atoms with E-state index in [0.29, 0.717) is 34.2 Å². The molecule has 1 aliphatic rings. The molecule has 0 aliphatic carbocycles. The Bertz CT molecular complexity index is 1280. The summed E-state index contributed by atoms with van der Waals surface area (Å²) in [5.74, 6) is 0.604. The number of aliphatic hydroxyl groups excluding tert-OH is 1. The van der Waals surface area contributed by atoms with E-state index in [1.807, 2.05) is 13.8 Å². The number of anilines is 1. The third-order valence-corrected chi connectivity index (χ3v) is 5.85. The largest absolute Gasteiger partial charge is 0.458 e. The number of cyclic esters (lactones) is 1. The first-order chi connectivity index (χ1) is 17.1. The van der Waals surface area contributed by atoms with Crippen LogP contribution in [0.4, 0.5) is 19.0 Å². The highest BCUT2D eigenvalue weighted by Crippen LogP contribution is 2.38. The fourth-order valence-electron chi connectivity index (χ4n) is 4.15. The van der Waals surface area contributed by atoms with E-state index in [0.717, 1.165) is 12.1 Å². The van der Waals surface area contributed by atoms with Crippen molar-refractivity contribution >= 4 is 18.0 Å². The van der Waals surface area contributed by atoms with Crippen LogP contribution in [-0.4, -0.2) is 44.9 Å². The van der Waals surface area contributed by atoms with E-state index < -0.39 is 29.9 Å². The van der Waals surface area contributed by atoms with Crippen molar-refractivity contribution in [3.8, 4) is 22.5 Å². The highest BCUT2D eigenvalue weighted by molar-refractivity contribution is 5.82. The number of aliphatic hydroxyl groups is 1. The van der Waals surface area contributed by atoms with Crippen LogP contribution in [0.25, 0.3) is 28.7 Å². The van der Waals surface area contributed by atoms with Crippen LogP contribution in [0.3, 0.4) is 0 Å². The summed E-state index contributed by atoms with van der Waals surface area (Å²) >= 11 is 0. The van der Waals surface area contributed by atoms with E-state index in [2.05, 4.69) is 10.3 Å². The number of nitrogens with zero attached hydrogens (tertiary/aromatic N) is 3. The van der Waals surface area contributed by atoms with Crippen LogP contribution in [-0.2, 0) is 15.7 Å². The number of carbonyl (C=O) groups is 1. The van der Waals surface area contributed by atoms with Gasteiger partial charge in [0.05, 0.1) is 29.5 Å². The van der Waals surface area contributed by atoms with Gasteiger partial charge >= 0.3 is 12.1 Å². The Balaban J connectivity index is 1.93. The predicted molar refractivity (Wildman–Crippen MR) is 130 cm³/mol. The lowest BCUT2D eigenvalue weighted by Gasteiger charge is -2.23. The lowest BCUT2D eigenvalue weighted by Crippen LogP contribution is -2.31. The van der Waals surface area contributed by atoms with Crippen molar-refractivity contribution in [2.75, 3.05) is 12.4 Å². The Labute approximate surface area is 206 Å². The number of alkyl halides is 3. The zero-order valence-electron chi connectivity index (χ0n) is 20.1. The summed E-state index contributed by atoms with van der Waals surface area (Å²) in [6.45, 7) is 3.87. The summed E-state index contributed by atoms with van der Waals surface area (Å²) in [6.07, 6.45) is -0.957. The molecule has 2 atom stereocenters. The van der Waals surface area contributed by atoms with Gasteiger partial charge in [0, 0.05) is 42.9 Å². The summed E-state index contributed by atoms with van der Waals surface area (Å²) in [6, 6.07) is 8.61. The van der Waals surface area contributed by atoms with Crippen LogP contribution in [0.1, 0.15) is 44.0 Å². The molecule has 190 valence electrons. The van der Waals surface area contributed by atoms with E-state index in [-0.39, 0.29) is 18.8 Å². The number of halogens is 3. The molecule has 1 fully saturated rings. The third kappa shape index (κ3) is 5.43. The first-order valence-electron chi connectivity index (χ1n) is 11.6. The van der Waals surface area contributed by atoms with Gasteiger partial charge in [-0.05, 0) is 30.3 Å². The number of rotatable bonds is 6. The Morgan fingerprint density at radius 2 is 2.00 bits per heavy atom. The fourth-order valence-corrected chi connectivity index (χ4v) is 4.15. The quantitative estimate of drug-likeness (QED) is 0.445. The molecule has 0 radical (unpaired) electrons. The number of esters is 1. The monoisotopic (exact) mass is 500 g/mol. The Morgan fingerprint density at radius 1 is 1.22 bits per heavy atom. The number of ether oxygens (including phenoxy) is 1. The summed E-state index contributed by atoms with van der Waals surface area (Å²) < 4.78 is 47.8. The maximum Gasteiger partial charge on any atom is 0.416 e. The molecule has 3 heterocycles. The first kappa shape index (κ1) is 25.4. The van der Waals surface area contributed by atoms with Gasteiger partial charge in [-0.2, -0.15) is 13.2 Å². The molecule has 4 rings (SSSR count). The number of benzene rings is 1. The molecule has 0 saturated carbocycles. The molecule has 1 saturated heterocycles. The van der Waals surface area contributed by atoms with Crippen molar-refractivity contribution < 1.29 is 27.8 Å². The number of carbonyl (C=O) groups excluding carboxylic acids is 1. The van der Waals surface area contributed by atoms with Gasteiger partial charge in [-0.3, -0.25) is 4.79 Å². The Hall–Kier alpha value is -3.66. The molecular formula is C26H27F3N4O3. The lowest BCUT2D eigenvalue weighted by atomic mass is 10.0. The van der Waals surface area contributed by atoms with Gasteiger partial charge in [-0.15, -0.1) is 0 Å². The minimum Gasteiger partial charge on any atom is -0.458 e. The Kier molecular flexibility index (Phi) is 7.16. The van der Waals surface area contributed by atoms with Gasteiger partial charge in [0.2, 0.25) is 0 Å². The van der Waals surface area contributed by atoms with Crippen LogP contribution in [0, 0.1) is 0 Å². The van der Waals surface area contributed by atoms with E-state index in [4.69, 9.17) is 9.72 Å². The molecular weight excluding hydrogens is 473 g/mol. The van der Waals surface area contributed by atoms with Crippen LogP contribution in [0.2, 0.25) is 0 Å². The average Bonchev–Trinajstić information content (AvgIpc) is 3.21. The standard InChI is InChI=1S/C26H27F3N4O3/c1-15(2)25-32-23(16-7-9-31-21(12-16)30-3)24(17-5-4-6-18(11-17)26(27,28)29)33(25)10-8-20-13-19(34)14-22(35)36-20/h4-12,15,19-20,34H,13-14H2,1-3H3,(H,30,31)/b10-8+/t19-,20+/m1/s1. The van der Waals surface area contributed by atoms with E-state index >= 15 is 0 Å². The molecule has 2 N–H and O–H groups in total. The van der Waals surface area contributed by atoms with Crippen LogP contribution in [0.15, 0.2) is 48.7 Å². The number of pyridine rings is 1. The smallest absolute Gasteiger partial charge is 0.416 e.